The summed E-state index contributed by atoms with van der Waals surface area (Å²) in [7, 11) is 0. The maximum Gasteiger partial charge on any atom is 0.142 e. The van der Waals surface area contributed by atoms with Crippen LogP contribution in [0.1, 0.15) is 25.3 Å². The van der Waals surface area contributed by atoms with Crippen LogP contribution < -0.4 is 0 Å². The highest BCUT2D eigenvalue weighted by Crippen LogP contribution is 2.38. The Morgan fingerprint density at radius 3 is 2.67 bits per heavy atom. The van der Waals surface area contributed by atoms with Crippen molar-refractivity contribution >= 4 is 23.2 Å². The molecule has 1 aromatic carbocycles. The van der Waals surface area contributed by atoms with Gasteiger partial charge in [0.2, 0.25) is 0 Å². The molecule has 1 unspecified atom stereocenters. The number of hydrogen-bond acceptors (Lipinski definition) is 2. The van der Waals surface area contributed by atoms with Crippen molar-refractivity contribution in [2.45, 2.75) is 25.4 Å². The molecule has 0 spiro atoms. The Morgan fingerprint density at radius 2 is 2.06 bits per heavy atom. The van der Waals surface area contributed by atoms with Crippen molar-refractivity contribution in [1.29, 1.82) is 0 Å². The standard InChI is InChI=1S/C13H13Cl2FO2/c1-13(17,8-3-2-4-18-7-8)9-5-12(16)11(15)6-10(9)14/h5-7,17H,2-4H2,1H3. The van der Waals surface area contributed by atoms with Gasteiger partial charge in [0.15, 0.2) is 0 Å². The highest BCUT2D eigenvalue weighted by atomic mass is 35.5. The van der Waals surface area contributed by atoms with Crippen LogP contribution in [0.25, 0.3) is 0 Å². The van der Waals surface area contributed by atoms with Gasteiger partial charge in [0.1, 0.15) is 11.4 Å². The monoisotopic (exact) mass is 290 g/mol. The number of benzene rings is 1. The van der Waals surface area contributed by atoms with Crippen molar-refractivity contribution in [2.75, 3.05) is 6.61 Å². The van der Waals surface area contributed by atoms with Crippen LogP contribution in [0.15, 0.2) is 24.0 Å². The van der Waals surface area contributed by atoms with Gasteiger partial charge in [-0.05, 0) is 31.9 Å². The fourth-order valence-electron chi connectivity index (χ4n) is 1.99. The molecule has 0 aromatic heterocycles. The Kier molecular flexibility index (Phi) is 3.85. The number of halogens is 3. The van der Waals surface area contributed by atoms with Crippen LogP contribution in [0.3, 0.4) is 0 Å². The predicted octanol–water partition coefficient (Wildman–Crippen LogP) is 4.03. The lowest BCUT2D eigenvalue weighted by atomic mass is 9.85. The van der Waals surface area contributed by atoms with Gasteiger partial charge in [-0.25, -0.2) is 4.39 Å². The van der Waals surface area contributed by atoms with E-state index in [1.807, 2.05) is 0 Å². The molecule has 1 N–H and O–H groups in total. The second-order valence-electron chi connectivity index (χ2n) is 4.44. The first kappa shape index (κ1) is 13.7. The summed E-state index contributed by atoms with van der Waals surface area (Å²) < 4.78 is 18.7. The third-order valence-corrected chi connectivity index (χ3v) is 3.70. The minimum atomic E-state index is -1.36. The van der Waals surface area contributed by atoms with Gasteiger partial charge < -0.3 is 9.84 Å². The smallest absolute Gasteiger partial charge is 0.142 e. The maximum atomic E-state index is 13.5. The topological polar surface area (TPSA) is 29.5 Å². The van der Waals surface area contributed by atoms with E-state index in [9.17, 15) is 9.50 Å². The first-order valence-corrected chi connectivity index (χ1v) is 6.37. The third-order valence-electron chi connectivity index (χ3n) is 3.09. The van der Waals surface area contributed by atoms with Crippen LogP contribution >= 0.6 is 23.2 Å². The molecule has 5 heteroatoms. The van der Waals surface area contributed by atoms with Crippen molar-refractivity contribution in [3.8, 4) is 0 Å². The molecule has 0 saturated carbocycles. The Morgan fingerprint density at radius 1 is 1.33 bits per heavy atom. The van der Waals surface area contributed by atoms with Crippen LogP contribution in [0, 0.1) is 5.82 Å². The van der Waals surface area contributed by atoms with Gasteiger partial charge in [0.05, 0.1) is 17.9 Å². The highest BCUT2D eigenvalue weighted by molar-refractivity contribution is 6.35. The Labute approximate surface area is 115 Å². The number of rotatable bonds is 2. The second kappa shape index (κ2) is 5.08. The normalized spacial score (nSPS) is 18.8. The van der Waals surface area contributed by atoms with E-state index in [-0.39, 0.29) is 10.0 Å². The van der Waals surface area contributed by atoms with E-state index in [0.717, 1.165) is 6.42 Å². The molecule has 1 heterocycles. The number of aliphatic hydroxyl groups is 1. The zero-order valence-electron chi connectivity index (χ0n) is 9.84. The third kappa shape index (κ3) is 2.48. The van der Waals surface area contributed by atoms with Crippen LogP contribution in [-0.2, 0) is 10.3 Å². The van der Waals surface area contributed by atoms with Crippen LogP contribution in [0.2, 0.25) is 10.0 Å². The Balaban J connectivity index is 2.46. The Hall–Kier alpha value is -0.770. The Bertz CT molecular complexity index is 498. The number of ether oxygens (including phenoxy) is 1. The van der Waals surface area contributed by atoms with Crippen LogP contribution in [-0.4, -0.2) is 11.7 Å². The first-order valence-electron chi connectivity index (χ1n) is 5.61. The van der Waals surface area contributed by atoms with Crippen LogP contribution in [0.5, 0.6) is 0 Å². The van der Waals surface area contributed by atoms with E-state index < -0.39 is 11.4 Å². The molecular formula is C13H13Cl2FO2. The van der Waals surface area contributed by atoms with E-state index in [4.69, 9.17) is 27.9 Å². The minimum Gasteiger partial charge on any atom is -0.501 e. The average molecular weight is 291 g/mol. The number of hydrogen-bond donors (Lipinski definition) is 1. The largest absolute Gasteiger partial charge is 0.501 e. The molecule has 0 amide bonds. The summed E-state index contributed by atoms with van der Waals surface area (Å²) in [6.07, 6.45) is 3.02. The van der Waals surface area contributed by atoms with Gasteiger partial charge in [-0.15, -0.1) is 0 Å². The predicted molar refractivity (Wildman–Crippen MR) is 69.3 cm³/mol. The van der Waals surface area contributed by atoms with Gasteiger partial charge in [0, 0.05) is 16.2 Å². The van der Waals surface area contributed by atoms with Crippen molar-refractivity contribution in [2.24, 2.45) is 0 Å². The first-order chi connectivity index (χ1) is 8.43. The van der Waals surface area contributed by atoms with Crippen LogP contribution in [0.4, 0.5) is 4.39 Å². The summed E-state index contributed by atoms with van der Waals surface area (Å²) in [5.41, 5.74) is -0.386. The van der Waals surface area contributed by atoms with Crippen molar-refractivity contribution < 1.29 is 14.2 Å². The highest BCUT2D eigenvalue weighted by Gasteiger charge is 2.32. The molecule has 0 saturated heterocycles. The summed E-state index contributed by atoms with van der Waals surface area (Å²) in [6.45, 7) is 2.20. The fraction of sp³-hybridized carbons (Fsp3) is 0.385. The van der Waals surface area contributed by atoms with Crippen molar-refractivity contribution in [3.63, 3.8) is 0 Å². The van der Waals surface area contributed by atoms with E-state index in [1.165, 1.54) is 18.4 Å². The molecular weight excluding hydrogens is 278 g/mol. The quantitative estimate of drug-likeness (QED) is 0.833. The van der Waals surface area contributed by atoms with Gasteiger partial charge >= 0.3 is 0 Å². The summed E-state index contributed by atoms with van der Waals surface area (Å²) in [5, 5.41) is 10.7. The molecule has 18 heavy (non-hydrogen) atoms. The molecule has 1 atom stereocenters. The lowest BCUT2D eigenvalue weighted by molar-refractivity contribution is 0.0783. The second-order valence-corrected chi connectivity index (χ2v) is 5.25. The molecule has 2 nitrogen and oxygen atoms in total. The van der Waals surface area contributed by atoms with Gasteiger partial charge in [-0.3, -0.25) is 0 Å². The summed E-state index contributed by atoms with van der Waals surface area (Å²) >= 11 is 11.7. The van der Waals surface area contributed by atoms with E-state index in [1.54, 1.807) is 6.92 Å². The van der Waals surface area contributed by atoms with Crippen molar-refractivity contribution in [1.82, 2.24) is 0 Å². The van der Waals surface area contributed by atoms with Gasteiger partial charge in [0.25, 0.3) is 0 Å². The molecule has 98 valence electrons. The van der Waals surface area contributed by atoms with E-state index in [0.29, 0.717) is 24.2 Å². The van der Waals surface area contributed by atoms with Gasteiger partial charge in [-0.1, -0.05) is 23.2 Å². The molecule has 0 radical (unpaired) electrons. The molecule has 1 aromatic rings. The summed E-state index contributed by atoms with van der Waals surface area (Å²) in [5.74, 6) is -0.603. The van der Waals surface area contributed by atoms with Gasteiger partial charge in [-0.2, -0.15) is 0 Å². The maximum absolute atomic E-state index is 13.5. The summed E-state index contributed by atoms with van der Waals surface area (Å²) in [6, 6.07) is 2.46. The summed E-state index contributed by atoms with van der Waals surface area (Å²) in [4.78, 5) is 0. The molecule has 0 fully saturated rings. The lowest BCUT2D eigenvalue weighted by Crippen LogP contribution is -2.26. The fourth-order valence-corrected chi connectivity index (χ4v) is 2.56. The molecule has 0 bridgehead atoms. The zero-order valence-corrected chi connectivity index (χ0v) is 11.4. The SMILES string of the molecule is CC(O)(C1=COCCC1)c1cc(F)c(Cl)cc1Cl. The zero-order chi connectivity index (χ0) is 13.3. The lowest BCUT2D eigenvalue weighted by Gasteiger charge is -2.30. The average Bonchev–Trinajstić information content (AvgIpc) is 2.34. The molecule has 0 aliphatic carbocycles. The van der Waals surface area contributed by atoms with E-state index in [2.05, 4.69) is 0 Å². The minimum absolute atomic E-state index is 0.0616. The van der Waals surface area contributed by atoms with E-state index >= 15 is 0 Å². The molecule has 1 aliphatic rings. The molecule has 2 rings (SSSR count). The van der Waals surface area contributed by atoms with Crippen molar-refractivity contribution in [3.05, 3.63) is 45.4 Å². The molecule has 1 aliphatic heterocycles.